The molecular formula is C47H93N3O5S. The van der Waals surface area contributed by atoms with Gasteiger partial charge in [0.15, 0.2) is 0 Å². The zero-order chi connectivity index (χ0) is 41.3. The highest BCUT2D eigenvalue weighted by molar-refractivity contribution is 8.13. The minimum absolute atomic E-state index is 0.0171. The largest absolute Gasteiger partial charge is 0.462 e. The summed E-state index contributed by atoms with van der Waals surface area (Å²) in [4.78, 5) is 40.2. The van der Waals surface area contributed by atoms with Crippen molar-refractivity contribution >= 4 is 28.9 Å². The summed E-state index contributed by atoms with van der Waals surface area (Å²) in [5.74, 6) is 0.738. The second-order valence-electron chi connectivity index (χ2n) is 16.7. The SMILES string of the molecule is CCCCCCC(CCCCCC)OC(=O)CCCCCCCN(CCCCCCCC(=O)OC(CCCCCC)CCCCCC)NC(=O)SCCN(C)C. The molecule has 0 aliphatic heterocycles. The van der Waals surface area contributed by atoms with Gasteiger partial charge < -0.3 is 14.4 Å². The molecule has 0 unspecified atom stereocenters. The standard InChI is InChI=1S/C47H93N3O5S/c1-7-11-15-25-33-43(34-26-16-12-8-2)54-45(51)37-29-21-19-23-31-39-50(48-47(53)56-42-41-49(5)6)40-32-24-20-22-30-38-46(52)55-44(35-27-17-13-9-3)36-28-18-14-10-4/h43-44H,7-42H2,1-6H3,(H,48,53). The van der Waals surface area contributed by atoms with E-state index >= 15 is 0 Å². The molecule has 0 saturated carbocycles. The van der Waals surface area contributed by atoms with E-state index in [2.05, 4.69) is 43.0 Å². The summed E-state index contributed by atoms with van der Waals surface area (Å²) in [7, 11) is 4.06. The molecule has 8 nitrogen and oxygen atoms in total. The molecule has 0 atom stereocenters. The molecule has 0 aromatic carbocycles. The van der Waals surface area contributed by atoms with Crippen molar-refractivity contribution in [2.45, 2.75) is 245 Å². The van der Waals surface area contributed by atoms with Gasteiger partial charge in [-0.1, -0.05) is 155 Å². The number of rotatable bonds is 42. The van der Waals surface area contributed by atoms with Gasteiger partial charge in [-0.25, -0.2) is 5.01 Å². The molecular weight excluding hydrogens is 719 g/mol. The van der Waals surface area contributed by atoms with Gasteiger partial charge in [-0.2, -0.15) is 0 Å². The van der Waals surface area contributed by atoms with Crippen LogP contribution < -0.4 is 5.43 Å². The van der Waals surface area contributed by atoms with Crippen LogP contribution in [0.4, 0.5) is 4.79 Å². The molecule has 0 aliphatic carbocycles. The van der Waals surface area contributed by atoms with Gasteiger partial charge in [0.2, 0.25) is 0 Å². The van der Waals surface area contributed by atoms with Crippen molar-refractivity contribution in [3.8, 4) is 0 Å². The van der Waals surface area contributed by atoms with Crippen LogP contribution in [0.2, 0.25) is 0 Å². The smallest absolute Gasteiger partial charge is 0.306 e. The van der Waals surface area contributed by atoms with Crippen LogP contribution in [0, 0.1) is 0 Å². The Morgan fingerprint density at radius 2 is 0.804 bits per heavy atom. The predicted molar refractivity (Wildman–Crippen MR) is 241 cm³/mol. The number of nitrogens with one attached hydrogen (secondary N) is 1. The highest BCUT2D eigenvalue weighted by Crippen LogP contribution is 2.19. The second kappa shape index (κ2) is 41.8. The van der Waals surface area contributed by atoms with E-state index in [9.17, 15) is 14.4 Å². The molecule has 9 heteroatoms. The fraction of sp³-hybridized carbons (Fsp3) is 0.936. The summed E-state index contributed by atoms with van der Waals surface area (Å²) in [6, 6.07) is 0. The first-order valence-corrected chi connectivity index (χ1v) is 25.0. The third-order valence-electron chi connectivity index (χ3n) is 10.8. The first kappa shape index (κ1) is 54.7. The summed E-state index contributed by atoms with van der Waals surface area (Å²) in [6.45, 7) is 11.5. The van der Waals surface area contributed by atoms with Gasteiger partial charge in [0.05, 0.1) is 0 Å². The van der Waals surface area contributed by atoms with Crippen molar-refractivity contribution in [2.75, 3.05) is 39.5 Å². The first-order valence-electron chi connectivity index (χ1n) is 24.0. The van der Waals surface area contributed by atoms with Gasteiger partial charge in [-0.05, 0) is 91.1 Å². The molecule has 0 bridgehead atoms. The first-order chi connectivity index (χ1) is 27.2. The Bertz CT molecular complexity index is 812. The molecule has 332 valence electrons. The van der Waals surface area contributed by atoms with Crippen molar-refractivity contribution < 1.29 is 23.9 Å². The Labute approximate surface area is 351 Å². The monoisotopic (exact) mass is 812 g/mol. The van der Waals surface area contributed by atoms with Crippen molar-refractivity contribution in [1.29, 1.82) is 0 Å². The Hall–Kier alpha value is -1.32. The second-order valence-corrected chi connectivity index (χ2v) is 17.8. The van der Waals surface area contributed by atoms with Crippen LogP contribution in [0.15, 0.2) is 0 Å². The number of carbonyl (C=O) groups is 3. The number of ether oxygens (including phenoxy) is 2. The van der Waals surface area contributed by atoms with E-state index in [0.29, 0.717) is 12.8 Å². The summed E-state index contributed by atoms with van der Waals surface area (Å²) >= 11 is 1.35. The van der Waals surface area contributed by atoms with E-state index < -0.39 is 0 Å². The molecule has 56 heavy (non-hydrogen) atoms. The highest BCUT2D eigenvalue weighted by atomic mass is 32.2. The third-order valence-corrected chi connectivity index (χ3v) is 11.5. The number of hydrogen-bond donors (Lipinski definition) is 1. The maximum atomic E-state index is 12.7. The van der Waals surface area contributed by atoms with Crippen LogP contribution in [-0.4, -0.2) is 78.8 Å². The van der Waals surface area contributed by atoms with Gasteiger partial charge in [0, 0.05) is 38.2 Å². The summed E-state index contributed by atoms with van der Waals surface area (Å²) in [5, 5.41) is 2.13. The molecule has 0 aromatic rings. The Morgan fingerprint density at radius 1 is 0.464 bits per heavy atom. The molecule has 0 rings (SSSR count). The molecule has 0 aromatic heterocycles. The normalized spacial score (nSPS) is 11.7. The summed E-state index contributed by atoms with van der Waals surface area (Å²) < 4.78 is 11.9. The van der Waals surface area contributed by atoms with Gasteiger partial charge in [0.1, 0.15) is 12.2 Å². The fourth-order valence-corrected chi connectivity index (χ4v) is 7.96. The Balaban J connectivity index is 4.53. The minimum Gasteiger partial charge on any atom is -0.462 e. The topological polar surface area (TPSA) is 88.2 Å². The van der Waals surface area contributed by atoms with Crippen LogP contribution in [-0.2, 0) is 19.1 Å². The number of unbranched alkanes of at least 4 members (excludes halogenated alkanes) is 20. The van der Waals surface area contributed by atoms with Crippen LogP contribution in [0.3, 0.4) is 0 Å². The van der Waals surface area contributed by atoms with Crippen LogP contribution in [0.25, 0.3) is 0 Å². The molecule has 0 aliphatic rings. The van der Waals surface area contributed by atoms with E-state index in [0.717, 1.165) is 141 Å². The van der Waals surface area contributed by atoms with E-state index in [1.165, 1.54) is 88.8 Å². The molecule has 0 spiro atoms. The van der Waals surface area contributed by atoms with Gasteiger partial charge >= 0.3 is 11.9 Å². The lowest BCUT2D eigenvalue weighted by Crippen LogP contribution is -2.42. The maximum absolute atomic E-state index is 12.7. The molecule has 0 heterocycles. The number of amides is 1. The number of hydrogen-bond acceptors (Lipinski definition) is 8. The van der Waals surface area contributed by atoms with E-state index in [4.69, 9.17) is 9.47 Å². The molecule has 0 radical (unpaired) electrons. The van der Waals surface area contributed by atoms with E-state index in [-0.39, 0.29) is 29.4 Å². The van der Waals surface area contributed by atoms with Crippen molar-refractivity contribution in [2.24, 2.45) is 0 Å². The zero-order valence-corrected chi connectivity index (χ0v) is 38.8. The number of esters is 2. The van der Waals surface area contributed by atoms with Crippen LogP contribution >= 0.6 is 11.8 Å². The lowest BCUT2D eigenvalue weighted by Gasteiger charge is -2.23. The quantitative estimate of drug-likeness (QED) is 0.0370. The number of nitrogens with zero attached hydrogens (tertiary/aromatic N) is 2. The third kappa shape index (κ3) is 38.2. The average molecular weight is 812 g/mol. The van der Waals surface area contributed by atoms with E-state index in [1.54, 1.807) is 0 Å². The molecule has 1 amide bonds. The average Bonchev–Trinajstić information content (AvgIpc) is 3.17. The van der Waals surface area contributed by atoms with Crippen LogP contribution in [0.1, 0.15) is 233 Å². The zero-order valence-electron chi connectivity index (χ0n) is 38.0. The van der Waals surface area contributed by atoms with E-state index in [1.807, 2.05) is 14.1 Å². The Morgan fingerprint density at radius 3 is 1.16 bits per heavy atom. The number of carbonyl (C=O) groups excluding carboxylic acids is 3. The summed E-state index contributed by atoms with van der Waals surface area (Å²) in [6.07, 6.45) is 35.0. The van der Waals surface area contributed by atoms with Crippen molar-refractivity contribution in [1.82, 2.24) is 15.3 Å². The summed E-state index contributed by atoms with van der Waals surface area (Å²) in [5.41, 5.74) is 3.16. The van der Waals surface area contributed by atoms with Crippen molar-refractivity contribution in [3.05, 3.63) is 0 Å². The van der Waals surface area contributed by atoms with Crippen LogP contribution in [0.5, 0.6) is 0 Å². The lowest BCUT2D eigenvalue weighted by molar-refractivity contribution is -0.151. The number of hydrazine groups is 1. The fourth-order valence-electron chi connectivity index (χ4n) is 7.12. The number of thioether (sulfide) groups is 1. The van der Waals surface area contributed by atoms with Crippen molar-refractivity contribution in [3.63, 3.8) is 0 Å². The molecule has 0 saturated heterocycles. The lowest BCUT2D eigenvalue weighted by atomic mass is 10.0. The minimum atomic E-state index is -0.0171. The molecule has 1 N–H and O–H groups in total. The molecule has 0 fully saturated rings. The maximum Gasteiger partial charge on any atom is 0.306 e. The van der Waals surface area contributed by atoms with Gasteiger partial charge in [-0.15, -0.1) is 0 Å². The highest BCUT2D eigenvalue weighted by Gasteiger charge is 2.16. The van der Waals surface area contributed by atoms with Gasteiger partial charge in [0.25, 0.3) is 5.24 Å². The van der Waals surface area contributed by atoms with Gasteiger partial charge in [-0.3, -0.25) is 19.8 Å². The Kier molecular flexibility index (Phi) is 40.8. The predicted octanol–water partition coefficient (Wildman–Crippen LogP) is 13.6.